The zero-order valence-corrected chi connectivity index (χ0v) is 14.8. The first-order valence-corrected chi connectivity index (χ1v) is 8.43. The van der Waals surface area contributed by atoms with Gasteiger partial charge in [0, 0.05) is 37.1 Å². The zero-order chi connectivity index (χ0) is 19.4. The van der Waals surface area contributed by atoms with Gasteiger partial charge < -0.3 is 20.0 Å². The Kier molecular flexibility index (Phi) is 5.66. The molecule has 8 heteroatoms. The van der Waals surface area contributed by atoms with E-state index in [9.17, 15) is 13.6 Å². The van der Waals surface area contributed by atoms with Crippen molar-refractivity contribution in [1.82, 2.24) is 9.55 Å². The van der Waals surface area contributed by atoms with E-state index in [-0.39, 0.29) is 11.1 Å². The second-order valence-corrected chi connectivity index (χ2v) is 6.07. The molecular formula is C19H20F2N4O2. The number of rotatable bonds is 6. The molecule has 0 spiro atoms. The topological polar surface area (TPSA) is 85.4 Å². The predicted octanol–water partition coefficient (Wildman–Crippen LogP) is 3.27. The van der Waals surface area contributed by atoms with Crippen molar-refractivity contribution in [3.8, 4) is 0 Å². The van der Waals surface area contributed by atoms with Crippen LogP contribution in [0.2, 0.25) is 0 Å². The highest BCUT2D eigenvalue weighted by Crippen LogP contribution is 2.20. The third-order valence-corrected chi connectivity index (χ3v) is 4.14. The number of carbonyl (C=O) groups excluding carboxylic acids is 1. The summed E-state index contributed by atoms with van der Waals surface area (Å²) in [4.78, 5) is 19.7. The number of H-pyrrole nitrogens is 1. The van der Waals surface area contributed by atoms with Crippen LogP contribution in [0.5, 0.6) is 0 Å². The molecule has 1 amide bonds. The third-order valence-electron chi connectivity index (χ3n) is 4.14. The molecule has 3 rings (SSSR count). The van der Waals surface area contributed by atoms with E-state index in [0.29, 0.717) is 24.5 Å². The lowest BCUT2D eigenvalue weighted by Gasteiger charge is -2.05. The van der Waals surface area contributed by atoms with Gasteiger partial charge in [0.1, 0.15) is 0 Å². The van der Waals surface area contributed by atoms with Gasteiger partial charge >= 0.3 is 0 Å². The number of aromatic amines is 1. The summed E-state index contributed by atoms with van der Waals surface area (Å²) < 4.78 is 32.7. The second kappa shape index (κ2) is 8.13. The number of amides is 1. The number of aryl methyl sites for hydroxylation is 1. The van der Waals surface area contributed by atoms with Crippen molar-refractivity contribution in [2.75, 3.05) is 19.5 Å². The number of benzene rings is 2. The van der Waals surface area contributed by atoms with Crippen LogP contribution in [0.3, 0.4) is 0 Å². The number of nitrogens with two attached hydrogens (primary N) is 1. The summed E-state index contributed by atoms with van der Waals surface area (Å²) >= 11 is 0. The molecule has 6 nitrogen and oxygen atoms in total. The normalized spacial score (nSPS) is 12.2. The predicted molar refractivity (Wildman–Crippen MR) is 98.5 cm³/mol. The van der Waals surface area contributed by atoms with Crippen LogP contribution in [0.1, 0.15) is 28.8 Å². The quantitative estimate of drug-likeness (QED) is 0.513. The van der Waals surface area contributed by atoms with Crippen LogP contribution in [-0.4, -0.2) is 29.2 Å². The highest BCUT2D eigenvalue weighted by molar-refractivity contribution is 5.95. The van der Waals surface area contributed by atoms with Crippen LogP contribution in [0.25, 0.3) is 11.0 Å². The maximum Gasteiger partial charge on any atom is 0.280 e. The fraction of sp³-hybridized carbons (Fsp3) is 0.263. The van der Waals surface area contributed by atoms with E-state index in [0.717, 1.165) is 23.5 Å². The molecule has 0 fully saturated rings. The highest BCUT2D eigenvalue weighted by Gasteiger charge is 2.12. The number of aromatic nitrogens is 2. The SMILES string of the molecule is COCCCn1/c(=N/C(=O)c2cccc(C(F)F)c2)[nH]c2cc(N)ccc21. The summed E-state index contributed by atoms with van der Waals surface area (Å²) in [6.07, 6.45) is -1.93. The summed E-state index contributed by atoms with van der Waals surface area (Å²) in [5, 5.41) is 0. The van der Waals surface area contributed by atoms with Gasteiger partial charge in [0.25, 0.3) is 12.3 Å². The molecule has 2 aromatic carbocycles. The van der Waals surface area contributed by atoms with Crippen molar-refractivity contribution < 1.29 is 18.3 Å². The van der Waals surface area contributed by atoms with Crippen LogP contribution in [0.15, 0.2) is 47.5 Å². The van der Waals surface area contributed by atoms with E-state index >= 15 is 0 Å². The Hall–Kier alpha value is -3.00. The molecule has 27 heavy (non-hydrogen) atoms. The Bertz CT molecular complexity index is 1020. The highest BCUT2D eigenvalue weighted by atomic mass is 19.3. The van der Waals surface area contributed by atoms with E-state index in [4.69, 9.17) is 10.5 Å². The van der Waals surface area contributed by atoms with Gasteiger partial charge in [-0.15, -0.1) is 0 Å². The Morgan fingerprint density at radius 1 is 1.30 bits per heavy atom. The lowest BCUT2D eigenvalue weighted by Crippen LogP contribution is -2.21. The molecule has 142 valence electrons. The maximum atomic E-state index is 12.9. The number of carbonyl (C=O) groups is 1. The minimum atomic E-state index is -2.65. The summed E-state index contributed by atoms with van der Waals surface area (Å²) in [5.74, 6) is -0.600. The van der Waals surface area contributed by atoms with Gasteiger partial charge in [0.15, 0.2) is 0 Å². The Morgan fingerprint density at radius 2 is 2.11 bits per heavy atom. The molecule has 0 atom stereocenters. The lowest BCUT2D eigenvalue weighted by atomic mass is 10.1. The minimum Gasteiger partial charge on any atom is -0.399 e. The van der Waals surface area contributed by atoms with Gasteiger partial charge in [-0.1, -0.05) is 12.1 Å². The van der Waals surface area contributed by atoms with Gasteiger partial charge in [0.05, 0.1) is 11.0 Å². The van der Waals surface area contributed by atoms with E-state index in [2.05, 4.69) is 9.98 Å². The smallest absolute Gasteiger partial charge is 0.280 e. The average molecular weight is 374 g/mol. The van der Waals surface area contributed by atoms with Gasteiger partial charge in [0.2, 0.25) is 5.62 Å². The van der Waals surface area contributed by atoms with Crippen LogP contribution in [0, 0.1) is 0 Å². The van der Waals surface area contributed by atoms with E-state index in [1.807, 2.05) is 10.6 Å². The minimum absolute atomic E-state index is 0.106. The number of imidazole rings is 1. The summed E-state index contributed by atoms with van der Waals surface area (Å²) in [7, 11) is 1.62. The van der Waals surface area contributed by atoms with Crippen LogP contribution < -0.4 is 11.4 Å². The molecule has 1 aromatic heterocycles. The largest absolute Gasteiger partial charge is 0.399 e. The molecule has 3 N–H and O–H groups in total. The van der Waals surface area contributed by atoms with Crippen LogP contribution in [0.4, 0.5) is 14.5 Å². The summed E-state index contributed by atoms with van der Waals surface area (Å²) in [6.45, 7) is 1.12. The fourth-order valence-corrected chi connectivity index (χ4v) is 2.84. The number of fused-ring (bicyclic) bond motifs is 1. The number of methoxy groups -OCH3 is 1. The number of nitrogens with zero attached hydrogens (tertiary/aromatic N) is 2. The Morgan fingerprint density at radius 3 is 2.85 bits per heavy atom. The first-order valence-electron chi connectivity index (χ1n) is 8.43. The van der Waals surface area contributed by atoms with Crippen molar-refractivity contribution in [2.45, 2.75) is 19.4 Å². The molecule has 0 unspecified atom stereocenters. The first kappa shape index (κ1) is 18.8. The molecule has 0 aliphatic heterocycles. The van der Waals surface area contributed by atoms with Gasteiger partial charge in [-0.2, -0.15) is 4.99 Å². The van der Waals surface area contributed by atoms with Gasteiger partial charge in [-0.3, -0.25) is 4.79 Å². The molecule has 0 bridgehead atoms. The number of anilines is 1. The first-order chi connectivity index (χ1) is 13.0. The number of alkyl halides is 2. The standard InChI is InChI=1S/C19H20F2N4O2/c1-27-9-3-8-25-16-7-6-14(22)11-15(16)23-19(25)24-18(26)13-5-2-4-12(10-13)17(20)21/h2,4-7,10-11,17H,3,8-9,22H2,1H3,(H,23,24,26). The molecular weight excluding hydrogens is 354 g/mol. The summed E-state index contributed by atoms with van der Waals surface area (Å²) in [6, 6.07) is 10.7. The van der Waals surface area contributed by atoms with Gasteiger partial charge in [-0.05, 0) is 36.8 Å². The summed E-state index contributed by atoms with van der Waals surface area (Å²) in [5.41, 5.74) is 8.20. The van der Waals surface area contributed by atoms with E-state index in [1.165, 1.54) is 18.2 Å². The molecule has 0 aliphatic rings. The average Bonchev–Trinajstić information content (AvgIpc) is 2.98. The molecule has 0 radical (unpaired) electrons. The Balaban J connectivity index is 2.04. The van der Waals surface area contributed by atoms with E-state index in [1.54, 1.807) is 19.2 Å². The number of hydrogen-bond acceptors (Lipinski definition) is 3. The van der Waals surface area contributed by atoms with Crippen molar-refractivity contribution in [3.05, 3.63) is 59.2 Å². The molecule has 0 aliphatic carbocycles. The maximum absolute atomic E-state index is 12.9. The zero-order valence-electron chi connectivity index (χ0n) is 14.8. The van der Waals surface area contributed by atoms with Crippen molar-refractivity contribution in [1.29, 1.82) is 0 Å². The molecule has 1 heterocycles. The van der Waals surface area contributed by atoms with Crippen molar-refractivity contribution in [2.24, 2.45) is 4.99 Å². The molecule has 3 aromatic rings. The second-order valence-electron chi connectivity index (χ2n) is 6.07. The Labute approximate surface area is 154 Å². The van der Waals surface area contributed by atoms with Crippen molar-refractivity contribution >= 4 is 22.6 Å². The van der Waals surface area contributed by atoms with Gasteiger partial charge in [-0.25, -0.2) is 8.78 Å². The number of ether oxygens (including phenoxy) is 1. The monoisotopic (exact) mass is 374 g/mol. The van der Waals surface area contributed by atoms with E-state index < -0.39 is 12.3 Å². The number of halogens is 2. The van der Waals surface area contributed by atoms with Crippen LogP contribution in [-0.2, 0) is 11.3 Å². The number of nitrogens with one attached hydrogen (secondary N) is 1. The third kappa shape index (κ3) is 4.22. The van der Waals surface area contributed by atoms with Crippen LogP contribution >= 0.6 is 0 Å². The fourth-order valence-electron chi connectivity index (χ4n) is 2.84. The molecule has 0 saturated heterocycles. The number of hydrogen-bond donors (Lipinski definition) is 2. The van der Waals surface area contributed by atoms with Crippen molar-refractivity contribution in [3.63, 3.8) is 0 Å². The number of nitrogen functional groups attached to an aromatic ring is 1. The molecule has 0 saturated carbocycles. The lowest BCUT2D eigenvalue weighted by molar-refractivity contribution is 0.0996.